The van der Waals surface area contributed by atoms with Gasteiger partial charge in [-0.2, -0.15) is 0 Å². The van der Waals surface area contributed by atoms with Crippen molar-refractivity contribution in [3.63, 3.8) is 0 Å². The van der Waals surface area contributed by atoms with E-state index < -0.39 is 6.04 Å². The van der Waals surface area contributed by atoms with Crippen LogP contribution in [0.15, 0.2) is 91.0 Å². The monoisotopic (exact) mass is 634 g/mol. The Hall–Kier alpha value is -5.51. The summed E-state index contributed by atoms with van der Waals surface area (Å²) in [7, 11) is 5.48. The minimum atomic E-state index is -0.493. The van der Waals surface area contributed by atoms with Gasteiger partial charge in [0.25, 0.3) is 17.7 Å². The first-order valence-corrected chi connectivity index (χ1v) is 15.6. The number of carbonyl (C=O) groups is 3. The van der Waals surface area contributed by atoms with E-state index in [0.29, 0.717) is 53.4 Å². The second-order valence-electron chi connectivity index (χ2n) is 11.9. The molecule has 10 heteroatoms. The molecule has 0 aliphatic carbocycles. The van der Waals surface area contributed by atoms with Gasteiger partial charge in [0.05, 0.1) is 13.2 Å². The lowest BCUT2D eigenvalue weighted by Gasteiger charge is -2.39. The average Bonchev–Trinajstić information content (AvgIpc) is 3.10. The summed E-state index contributed by atoms with van der Waals surface area (Å²) in [6.07, 6.45) is 0.132. The summed E-state index contributed by atoms with van der Waals surface area (Å²) in [4.78, 5) is 43.8. The van der Waals surface area contributed by atoms with Crippen molar-refractivity contribution in [1.82, 2.24) is 15.5 Å². The van der Waals surface area contributed by atoms with Crippen LogP contribution < -0.4 is 29.7 Å². The molecule has 1 saturated heterocycles. The van der Waals surface area contributed by atoms with E-state index in [1.54, 1.807) is 36.3 Å². The van der Waals surface area contributed by atoms with Gasteiger partial charge in [0.15, 0.2) is 6.61 Å². The summed E-state index contributed by atoms with van der Waals surface area (Å²) >= 11 is 0. The first-order valence-electron chi connectivity index (χ1n) is 15.6. The Morgan fingerprint density at radius 2 is 1.70 bits per heavy atom. The summed E-state index contributed by atoms with van der Waals surface area (Å²) in [5.74, 6) is 1.07. The number of fused-ring (bicyclic) bond motifs is 7. The third-order valence-corrected chi connectivity index (χ3v) is 8.46. The molecule has 0 unspecified atom stereocenters. The molecule has 10 nitrogen and oxygen atoms in total. The average molecular weight is 635 g/mol. The smallest absolute Gasteiger partial charge is 0.258 e. The fourth-order valence-corrected chi connectivity index (χ4v) is 5.82. The molecular formula is C37H38N4O6. The summed E-state index contributed by atoms with van der Waals surface area (Å²) in [5.41, 5.74) is 4.37. The number of ether oxygens (including phenoxy) is 3. The van der Waals surface area contributed by atoms with E-state index in [9.17, 15) is 14.4 Å². The van der Waals surface area contributed by atoms with Crippen LogP contribution in [0.3, 0.4) is 0 Å². The van der Waals surface area contributed by atoms with Crippen LogP contribution in [0.1, 0.15) is 32.7 Å². The first-order chi connectivity index (χ1) is 22.8. The van der Waals surface area contributed by atoms with Crippen molar-refractivity contribution in [3.8, 4) is 28.4 Å². The van der Waals surface area contributed by atoms with Gasteiger partial charge in [-0.25, -0.2) is 0 Å². The number of anilines is 1. The molecule has 47 heavy (non-hydrogen) atoms. The number of rotatable bonds is 3. The van der Waals surface area contributed by atoms with Gasteiger partial charge in [-0.05, 0) is 77.9 Å². The maximum Gasteiger partial charge on any atom is 0.258 e. The molecule has 2 N–H and O–H groups in total. The Morgan fingerprint density at radius 1 is 0.915 bits per heavy atom. The van der Waals surface area contributed by atoms with Crippen LogP contribution in [0.5, 0.6) is 17.2 Å². The minimum Gasteiger partial charge on any atom is -0.496 e. The highest BCUT2D eigenvalue weighted by atomic mass is 16.5. The van der Waals surface area contributed by atoms with Crippen molar-refractivity contribution in [3.05, 3.63) is 108 Å². The first kappa shape index (κ1) is 31.5. The minimum absolute atomic E-state index is 0.102. The normalized spacial score (nSPS) is 18.1. The molecule has 3 aliphatic rings. The second-order valence-corrected chi connectivity index (χ2v) is 11.9. The lowest BCUT2D eigenvalue weighted by molar-refractivity contribution is -0.123. The Morgan fingerprint density at radius 3 is 2.45 bits per heavy atom. The van der Waals surface area contributed by atoms with Crippen molar-refractivity contribution >= 4 is 23.4 Å². The van der Waals surface area contributed by atoms with Gasteiger partial charge in [0, 0.05) is 62.5 Å². The van der Waals surface area contributed by atoms with Crippen LogP contribution in [-0.4, -0.2) is 75.7 Å². The number of piperidine rings is 1. The lowest BCUT2D eigenvalue weighted by Crippen LogP contribution is -2.58. The molecule has 4 aromatic carbocycles. The van der Waals surface area contributed by atoms with Gasteiger partial charge in [-0.1, -0.05) is 24.3 Å². The predicted molar refractivity (Wildman–Crippen MR) is 179 cm³/mol. The SMILES string of the molecule is COc1ccc2cc1-c1cccc(c1)OCC(=O)NCc1ccc(cc1)O[C@@H]1CCN(C(=O)c3ccc(N(C)C)cc3)C[C@H]1NC2=O. The third-order valence-electron chi connectivity index (χ3n) is 8.46. The zero-order valence-electron chi connectivity index (χ0n) is 26.7. The van der Waals surface area contributed by atoms with Crippen LogP contribution in [0.25, 0.3) is 11.1 Å². The van der Waals surface area contributed by atoms with E-state index in [1.807, 2.05) is 85.7 Å². The Bertz CT molecular complexity index is 1760. The standard InChI is InChI=1S/C37H38N4O6/c1-40(2)28-12-9-25(10-13-28)37(44)41-18-17-34-32(22-41)39-36(43)27-11-16-33(45-3)31(20-27)26-5-4-6-30(19-26)46-23-35(42)38-21-24-7-14-29(47-34)15-8-24/h4-16,19-20,32,34H,17-18,21-23H2,1-3H3,(H,38,42)(H,39,43)/t32-,34-/m1/s1. The maximum absolute atomic E-state index is 13.9. The van der Waals surface area contributed by atoms with Gasteiger partial charge in [-0.15, -0.1) is 0 Å². The number of carbonyl (C=O) groups excluding carboxylic acids is 3. The molecule has 3 aliphatic heterocycles. The molecule has 0 radical (unpaired) electrons. The highest BCUT2D eigenvalue weighted by Crippen LogP contribution is 2.33. The lowest BCUT2D eigenvalue weighted by atomic mass is 9.98. The maximum atomic E-state index is 13.9. The molecule has 0 aromatic heterocycles. The summed E-state index contributed by atoms with van der Waals surface area (Å²) in [6.45, 7) is 0.938. The molecule has 7 rings (SSSR count). The number of amides is 3. The van der Waals surface area contributed by atoms with Crippen LogP contribution in [0.2, 0.25) is 0 Å². The third kappa shape index (κ3) is 7.33. The van der Waals surface area contributed by atoms with Gasteiger partial charge in [0.2, 0.25) is 0 Å². The predicted octanol–water partition coefficient (Wildman–Crippen LogP) is 4.53. The number of hydrogen-bond donors (Lipinski definition) is 2. The zero-order chi connectivity index (χ0) is 32.9. The van der Waals surface area contributed by atoms with E-state index in [2.05, 4.69) is 10.6 Å². The van der Waals surface area contributed by atoms with Crippen LogP contribution in [0.4, 0.5) is 5.69 Å². The van der Waals surface area contributed by atoms with Crippen molar-refractivity contribution in [2.75, 3.05) is 45.8 Å². The van der Waals surface area contributed by atoms with Crippen molar-refractivity contribution < 1.29 is 28.6 Å². The highest BCUT2D eigenvalue weighted by Gasteiger charge is 2.35. The molecule has 2 atom stereocenters. The molecule has 0 saturated carbocycles. The summed E-state index contributed by atoms with van der Waals surface area (Å²) < 4.78 is 17.9. The van der Waals surface area contributed by atoms with Crippen LogP contribution in [0, 0.1) is 0 Å². The number of hydrogen-bond acceptors (Lipinski definition) is 7. The van der Waals surface area contributed by atoms with E-state index in [4.69, 9.17) is 14.2 Å². The van der Waals surface area contributed by atoms with E-state index in [-0.39, 0.29) is 37.0 Å². The molecule has 242 valence electrons. The molecule has 3 heterocycles. The van der Waals surface area contributed by atoms with Gasteiger partial charge < -0.3 is 34.6 Å². The zero-order valence-corrected chi connectivity index (χ0v) is 26.7. The van der Waals surface area contributed by atoms with E-state index in [1.165, 1.54) is 0 Å². The van der Waals surface area contributed by atoms with Gasteiger partial charge >= 0.3 is 0 Å². The highest BCUT2D eigenvalue weighted by molar-refractivity contribution is 5.97. The van der Waals surface area contributed by atoms with Crippen LogP contribution in [-0.2, 0) is 11.3 Å². The molecule has 4 aromatic rings. The number of nitrogens with one attached hydrogen (secondary N) is 2. The Balaban J connectivity index is 1.32. The number of benzene rings is 4. The van der Waals surface area contributed by atoms with Crippen LogP contribution >= 0.6 is 0 Å². The Labute approximate surface area is 274 Å². The topological polar surface area (TPSA) is 109 Å². The molecule has 3 amide bonds. The van der Waals surface area contributed by atoms with Crippen molar-refractivity contribution in [2.24, 2.45) is 0 Å². The largest absolute Gasteiger partial charge is 0.496 e. The summed E-state index contributed by atoms with van der Waals surface area (Å²) in [6, 6.07) is 27.0. The number of likely N-dealkylation sites (tertiary alicyclic amines) is 1. The van der Waals surface area contributed by atoms with Crippen molar-refractivity contribution in [1.29, 1.82) is 0 Å². The molecular weight excluding hydrogens is 596 g/mol. The molecule has 0 spiro atoms. The fourth-order valence-electron chi connectivity index (χ4n) is 5.82. The number of nitrogens with zero attached hydrogens (tertiary/aromatic N) is 2. The molecule has 6 bridgehead atoms. The molecule has 1 fully saturated rings. The quantitative estimate of drug-likeness (QED) is 0.341. The summed E-state index contributed by atoms with van der Waals surface area (Å²) in [5, 5.41) is 6.06. The van der Waals surface area contributed by atoms with E-state index >= 15 is 0 Å². The second kappa shape index (κ2) is 13.9. The van der Waals surface area contributed by atoms with Crippen molar-refractivity contribution in [2.45, 2.75) is 25.1 Å². The fraction of sp³-hybridized carbons (Fsp3) is 0.270. The number of methoxy groups -OCH3 is 1. The van der Waals surface area contributed by atoms with Gasteiger partial charge in [-0.3, -0.25) is 14.4 Å². The van der Waals surface area contributed by atoms with Gasteiger partial charge in [0.1, 0.15) is 23.4 Å². The van der Waals surface area contributed by atoms with E-state index in [0.717, 1.165) is 16.8 Å². The Kier molecular flexibility index (Phi) is 9.28.